The maximum Gasteiger partial charge on any atom is 0.173 e. The minimum atomic E-state index is -0.445. The fourth-order valence-electron chi connectivity index (χ4n) is 5.73. The number of hydrogen-bond acceptors (Lipinski definition) is 5. The van der Waals surface area contributed by atoms with Gasteiger partial charge in [0.2, 0.25) is 0 Å². The second-order valence-corrected chi connectivity index (χ2v) is 9.47. The summed E-state index contributed by atoms with van der Waals surface area (Å²) in [5.74, 6) is 0.851. The third-order valence-corrected chi connectivity index (χ3v) is 7.42. The monoisotopic (exact) mass is 524 g/mol. The summed E-state index contributed by atoms with van der Waals surface area (Å²) in [5, 5.41) is 0. The molecule has 4 atom stereocenters. The van der Waals surface area contributed by atoms with E-state index in [4.69, 9.17) is 9.47 Å². The first-order chi connectivity index (χ1) is 16.1. The molecule has 0 radical (unpaired) electrons. The highest BCUT2D eigenvalue weighted by atomic mass is 35.5. The van der Waals surface area contributed by atoms with Crippen LogP contribution in [0.1, 0.15) is 42.9 Å². The molecule has 3 aliphatic rings. The Hall–Kier alpha value is -1.70. The summed E-state index contributed by atoms with van der Waals surface area (Å²) in [4.78, 5) is 17.5. The van der Waals surface area contributed by atoms with Crippen LogP contribution in [-0.4, -0.2) is 67.6 Å². The molecule has 1 saturated carbocycles. The normalized spacial score (nSPS) is 25.0. The van der Waals surface area contributed by atoms with Crippen LogP contribution in [0.15, 0.2) is 48.5 Å². The van der Waals surface area contributed by atoms with E-state index in [1.807, 2.05) is 13.0 Å². The molecule has 2 aliphatic heterocycles. The van der Waals surface area contributed by atoms with Gasteiger partial charge in [-0.25, -0.2) is 4.39 Å². The highest BCUT2D eigenvalue weighted by Crippen LogP contribution is 2.47. The van der Waals surface area contributed by atoms with Gasteiger partial charge in [-0.15, -0.1) is 24.8 Å². The van der Waals surface area contributed by atoms with Crippen LogP contribution in [0.25, 0.3) is 0 Å². The van der Waals surface area contributed by atoms with E-state index in [2.05, 4.69) is 34.1 Å². The summed E-state index contributed by atoms with van der Waals surface area (Å²) in [5.41, 5.74) is 2.10. The molecule has 2 heterocycles. The van der Waals surface area contributed by atoms with Gasteiger partial charge in [0.15, 0.2) is 11.9 Å². The van der Waals surface area contributed by atoms with Crippen molar-refractivity contribution in [2.75, 3.05) is 45.9 Å². The first kappa shape index (κ1) is 27.9. The van der Waals surface area contributed by atoms with Crippen molar-refractivity contribution in [3.05, 3.63) is 65.5 Å². The molecule has 1 aliphatic carbocycles. The van der Waals surface area contributed by atoms with E-state index in [9.17, 15) is 9.18 Å². The molecule has 0 aromatic heterocycles. The Balaban J connectivity index is 0.00000171. The zero-order valence-corrected chi connectivity index (χ0v) is 21.7. The lowest BCUT2D eigenvalue weighted by molar-refractivity contribution is -0.129. The molecule has 8 heteroatoms. The summed E-state index contributed by atoms with van der Waals surface area (Å²) in [6, 6.07) is 15.1. The van der Waals surface area contributed by atoms with Crippen molar-refractivity contribution in [3.63, 3.8) is 0 Å². The maximum atomic E-state index is 14.0. The number of carbonyl (C=O) groups excluding carboxylic acids is 1. The smallest absolute Gasteiger partial charge is 0.173 e. The molecule has 35 heavy (non-hydrogen) atoms. The average molecular weight is 525 g/mol. The molecule has 2 aromatic carbocycles. The van der Waals surface area contributed by atoms with Crippen molar-refractivity contribution in [1.29, 1.82) is 0 Å². The molecule has 2 aromatic rings. The van der Waals surface area contributed by atoms with Gasteiger partial charge in [0.25, 0.3) is 0 Å². The lowest BCUT2D eigenvalue weighted by Crippen LogP contribution is -2.50. The van der Waals surface area contributed by atoms with Gasteiger partial charge in [0.05, 0.1) is 6.10 Å². The van der Waals surface area contributed by atoms with E-state index in [1.165, 1.54) is 11.6 Å². The number of ketones is 1. The fraction of sp³-hybridized carbons (Fsp3) is 0.519. The van der Waals surface area contributed by atoms with Crippen LogP contribution in [0.2, 0.25) is 0 Å². The lowest BCUT2D eigenvalue weighted by atomic mass is 9.74. The zero-order valence-electron chi connectivity index (χ0n) is 20.1. The number of halogens is 3. The number of Topliss-reactive ketones (excluding diaryl/α,β-unsaturated/α-hetero) is 1. The predicted molar refractivity (Wildman–Crippen MR) is 139 cm³/mol. The third-order valence-electron chi connectivity index (χ3n) is 7.42. The van der Waals surface area contributed by atoms with Crippen LogP contribution < -0.4 is 4.74 Å². The van der Waals surface area contributed by atoms with Crippen LogP contribution in [-0.2, 0) is 9.53 Å². The molecular formula is C27H35Cl2FN2O3. The number of ether oxygens (including phenoxy) is 2. The minimum Gasteiger partial charge on any atom is -0.482 e. The second kappa shape index (κ2) is 12.5. The summed E-state index contributed by atoms with van der Waals surface area (Å²) in [7, 11) is 0. The van der Waals surface area contributed by atoms with Gasteiger partial charge in [0, 0.05) is 63.8 Å². The minimum absolute atomic E-state index is 0. The van der Waals surface area contributed by atoms with Gasteiger partial charge in [-0.05, 0) is 43.0 Å². The molecule has 0 spiro atoms. The topological polar surface area (TPSA) is 42.0 Å². The maximum absolute atomic E-state index is 14.0. The van der Waals surface area contributed by atoms with Gasteiger partial charge in [0.1, 0.15) is 11.6 Å². The number of carbonyl (C=O) groups is 1. The largest absolute Gasteiger partial charge is 0.482 e. The number of hydrogen-bond donors (Lipinski definition) is 0. The van der Waals surface area contributed by atoms with Crippen LogP contribution >= 0.6 is 24.8 Å². The van der Waals surface area contributed by atoms with Crippen LogP contribution in [0.5, 0.6) is 5.75 Å². The van der Waals surface area contributed by atoms with Gasteiger partial charge in [-0.2, -0.15) is 0 Å². The van der Waals surface area contributed by atoms with E-state index in [0.717, 1.165) is 51.3 Å². The number of benzene rings is 2. The first-order valence-electron chi connectivity index (χ1n) is 12.2. The van der Waals surface area contributed by atoms with Gasteiger partial charge < -0.3 is 14.4 Å². The Morgan fingerprint density at radius 2 is 1.77 bits per heavy atom. The van der Waals surface area contributed by atoms with Crippen molar-refractivity contribution < 1.29 is 18.7 Å². The van der Waals surface area contributed by atoms with Crippen molar-refractivity contribution in [1.82, 2.24) is 9.80 Å². The van der Waals surface area contributed by atoms with Crippen LogP contribution in [0, 0.1) is 11.7 Å². The molecule has 0 bridgehead atoms. The zero-order chi connectivity index (χ0) is 22.8. The van der Waals surface area contributed by atoms with E-state index >= 15 is 0 Å². The van der Waals surface area contributed by atoms with E-state index in [1.54, 1.807) is 12.1 Å². The summed E-state index contributed by atoms with van der Waals surface area (Å²) in [6.45, 7) is 8.55. The Bertz CT molecular complexity index is 972. The van der Waals surface area contributed by atoms with Crippen LogP contribution in [0.3, 0.4) is 0 Å². The van der Waals surface area contributed by atoms with Crippen molar-refractivity contribution >= 4 is 30.6 Å². The Morgan fingerprint density at radius 3 is 2.49 bits per heavy atom. The highest BCUT2D eigenvalue weighted by molar-refractivity contribution is 5.86. The molecule has 1 saturated heterocycles. The molecule has 5 nitrogen and oxygen atoms in total. The SMILES string of the molecule is CCOC(CN1CCN(CC2CCC(=O)C3Oc4ccc(F)cc4C23)CC1)c1ccccc1.Cl.Cl. The van der Waals surface area contributed by atoms with Gasteiger partial charge in [-0.1, -0.05) is 30.3 Å². The molecule has 0 N–H and O–H groups in total. The van der Waals surface area contributed by atoms with Crippen molar-refractivity contribution in [2.24, 2.45) is 5.92 Å². The number of nitrogens with zero attached hydrogens (tertiary/aromatic N) is 2. The van der Waals surface area contributed by atoms with Gasteiger partial charge in [-0.3, -0.25) is 9.69 Å². The summed E-state index contributed by atoms with van der Waals surface area (Å²) >= 11 is 0. The number of fused-ring (bicyclic) bond motifs is 3. The number of rotatable bonds is 7. The number of piperazine rings is 1. The second-order valence-electron chi connectivity index (χ2n) is 9.47. The Morgan fingerprint density at radius 1 is 1.06 bits per heavy atom. The molecular weight excluding hydrogens is 490 g/mol. The van der Waals surface area contributed by atoms with Crippen molar-refractivity contribution in [3.8, 4) is 5.75 Å². The van der Waals surface area contributed by atoms with E-state index < -0.39 is 6.10 Å². The summed E-state index contributed by atoms with van der Waals surface area (Å²) < 4.78 is 26.0. The standard InChI is InChI=1S/C27H33FN2O3.2ClH/c1-2-32-25(19-6-4-3-5-7-19)18-30-14-12-29(13-15-30)17-20-8-10-23(31)27-26(20)22-16-21(28)9-11-24(22)33-27;;/h3-7,9,11,16,20,25-27H,2,8,10,12-15,17-18H2,1H3;2*1H. The third kappa shape index (κ3) is 6.17. The molecule has 5 rings (SSSR count). The van der Waals surface area contributed by atoms with E-state index in [-0.39, 0.29) is 48.4 Å². The molecule has 2 fully saturated rings. The van der Waals surface area contributed by atoms with Crippen LogP contribution in [0.4, 0.5) is 4.39 Å². The fourth-order valence-corrected chi connectivity index (χ4v) is 5.73. The highest BCUT2D eigenvalue weighted by Gasteiger charge is 2.47. The average Bonchev–Trinajstić information content (AvgIpc) is 3.22. The molecule has 4 unspecified atom stereocenters. The molecule has 192 valence electrons. The first-order valence-corrected chi connectivity index (χ1v) is 12.2. The van der Waals surface area contributed by atoms with Crippen molar-refractivity contribution in [2.45, 2.75) is 37.9 Å². The Labute approximate surface area is 219 Å². The summed E-state index contributed by atoms with van der Waals surface area (Å²) in [6.07, 6.45) is 1.05. The van der Waals surface area contributed by atoms with Gasteiger partial charge >= 0.3 is 0 Å². The quantitative estimate of drug-likeness (QED) is 0.515. The molecule has 0 amide bonds. The predicted octanol–water partition coefficient (Wildman–Crippen LogP) is 4.89. The Kier molecular flexibility index (Phi) is 9.96. The van der Waals surface area contributed by atoms with E-state index in [0.29, 0.717) is 24.7 Å². The lowest BCUT2D eigenvalue weighted by Gasteiger charge is -2.40.